The van der Waals surface area contributed by atoms with Gasteiger partial charge in [-0.05, 0) is 32.2 Å². The van der Waals surface area contributed by atoms with Crippen molar-refractivity contribution in [3.63, 3.8) is 0 Å². The molecule has 0 aromatic rings. The number of likely N-dealkylation sites (N-methyl/N-ethyl adjacent to an activating group) is 1. The van der Waals surface area contributed by atoms with Crippen LogP contribution in [0.15, 0.2) is 0 Å². The van der Waals surface area contributed by atoms with Crippen LogP contribution < -0.4 is 5.32 Å². The maximum atomic E-state index is 9.26. The van der Waals surface area contributed by atoms with Crippen molar-refractivity contribution in [2.24, 2.45) is 5.92 Å². The van der Waals surface area contributed by atoms with E-state index in [2.05, 4.69) is 11.4 Å². The zero-order chi connectivity index (χ0) is 13.3. The van der Waals surface area contributed by atoms with Crippen LogP contribution in [-0.2, 0) is 14.2 Å². The van der Waals surface area contributed by atoms with Crippen molar-refractivity contribution in [3.8, 4) is 6.07 Å². The number of nitrogens with one attached hydrogen (secondary N) is 1. The van der Waals surface area contributed by atoms with Gasteiger partial charge in [0.15, 0.2) is 0 Å². The molecule has 1 fully saturated rings. The topological polar surface area (TPSA) is 63.5 Å². The summed E-state index contributed by atoms with van der Waals surface area (Å²) in [5, 5.41) is 12.4. The Balaban J connectivity index is 2.04. The Bertz CT molecular complexity index is 263. The molecule has 0 heterocycles. The first-order chi connectivity index (χ1) is 8.79. The lowest BCUT2D eigenvalue weighted by molar-refractivity contribution is 0.0402. The maximum absolute atomic E-state index is 9.26. The first-order valence-electron chi connectivity index (χ1n) is 6.53. The van der Waals surface area contributed by atoms with Crippen LogP contribution in [0, 0.1) is 17.2 Å². The van der Waals surface area contributed by atoms with E-state index in [4.69, 9.17) is 14.2 Å². The molecule has 0 bridgehead atoms. The van der Waals surface area contributed by atoms with E-state index < -0.39 is 5.54 Å². The highest BCUT2D eigenvalue weighted by Gasteiger charge is 2.44. The van der Waals surface area contributed by atoms with Crippen LogP contribution in [0.25, 0.3) is 0 Å². The molecule has 0 radical (unpaired) electrons. The zero-order valence-electron chi connectivity index (χ0n) is 11.4. The number of nitriles is 1. The van der Waals surface area contributed by atoms with Crippen LogP contribution in [-0.4, -0.2) is 52.7 Å². The normalized spacial score (nSPS) is 18.3. The van der Waals surface area contributed by atoms with Gasteiger partial charge in [-0.1, -0.05) is 0 Å². The molecule has 1 aliphatic rings. The van der Waals surface area contributed by atoms with Gasteiger partial charge in [0.2, 0.25) is 0 Å². The summed E-state index contributed by atoms with van der Waals surface area (Å²) < 4.78 is 15.8. The second-order valence-corrected chi connectivity index (χ2v) is 4.62. The summed E-state index contributed by atoms with van der Waals surface area (Å²) in [6.07, 6.45) is 3.09. The minimum atomic E-state index is -0.489. The Morgan fingerprint density at radius 3 is 2.50 bits per heavy atom. The lowest BCUT2D eigenvalue weighted by atomic mass is 9.96. The molecule has 1 rings (SSSR count). The number of methoxy groups -OCH3 is 1. The van der Waals surface area contributed by atoms with E-state index in [1.807, 2.05) is 7.05 Å². The van der Waals surface area contributed by atoms with Crippen molar-refractivity contribution in [3.05, 3.63) is 0 Å². The average molecular weight is 256 g/mol. The van der Waals surface area contributed by atoms with Gasteiger partial charge in [-0.15, -0.1) is 0 Å². The molecule has 0 aliphatic heterocycles. The largest absolute Gasteiger partial charge is 0.382 e. The second kappa shape index (κ2) is 8.44. The van der Waals surface area contributed by atoms with E-state index in [0.717, 1.165) is 19.3 Å². The van der Waals surface area contributed by atoms with E-state index in [1.165, 1.54) is 0 Å². The van der Waals surface area contributed by atoms with Crippen LogP contribution in [0.3, 0.4) is 0 Å². The van der Waals surface area contributed by atoms with Gasteiger partial charge in [0.05, 0.1) is 25.9 Å². The quantitative estimate of drug-likeness (QED) is 0.558. The van der Waals surface area contributed by atoms with Crippen molar-refractivity contribution in [1.29, 1.82) is 5.26 Å². The molecule has 18 heavy (non-hydrogen) atoms. The molecule has 1 atom stereocenters. The van der Waals surface area contributed by atoms with E-state index in [9.17, 15) is 5.26 Å². The Morgan fingerprint density at radius 2 is 1.94 bits per heavy atom. The first-order valence-corrected chi connectivity index (χ1v) is 6.53. The van der Waals surface area contributed by atoms with Gasteiger partial charge in [-0.3, -0.25) is 0 Å². The third-order valence-corrected chi connectivity index (χ3v) is 3.26. The Kier molecular flexibility index (Phi) is 7.21. The Labute approximate surface area is 109 Å². The molecule has 0 spiro atoms. The first kappa shape index (κ1) is 15.4. The number of hydrogen-bond donors (Lipinski definition) is 1. The maximum Gasteiger partial charge on any atom is 0.132 e. The van der Waals surface area contributed by atoms with Gasteiger partial charge in [0, 0.05) is 20.3 Å². The fourth-order valence-corrected chi connectivity index (χ4v) is 1.89. The molecule has 0 aromatic heterocycles. The Morgan fingerprint density at radius 1 is 1.22 bits per heavy atom. The van der Waals surface area contributed by atoms with Gasteiger partial charge < -0.3 is 19.5 Å². The van der Waals surface area contributed by atoms with Crippen LogP contribution in [0.2, 0.25) is 0 Å². The summed E-state index contributed by atoms with van der Waals surface area (Å²) in [6.45, 7) is 3.01. The standard InChI is InChI=1S/C13H24N2O3/c1-15-13(10-14,12-4-5-12)11-18-7-3-6-17-9-8-16-2/h12,15H,3-9,11H2,1-2H3. The molecule has 5 nitrogen and oxygen atoms in total. The lowest BCUT2D eigenvalue weighted by Gasteiger charge is -2.25. The van der Waals surface area contributed by atoms with Gasteiger partial charge in [-0.25, -0.2) is 0 Å². The average Bonchev–Trinajstić information content (AvgIpc) is 3.23. The molecule has 1 unspecified atom stereocenters. The smallest absolute Gasteiger partial charge is 0.132 e. The molecule has 104 valence electrons. The zero-order valence-corrected chi connectivity index (χ0v) is 11.4. The molecular weight excluding hydrogens is 232 g/mol. The SMILES string of the molecule is CNC(C#N)(COCCCOCCOC)C1CC1. The van der Waals surface area contributed by atoms with Crippen molar-refractivity contribution >= 4 is 0 Å². The van der Waals surface area contributed by atoms with Crippen molar-refractivity contribution in [1.82, 2.24) is 5.32 Å². The van der Waals surface area contributed by atoms with Crippen molar-refractivity contribution in [2.75, 3.05) is 47.2 Å². The molecule has 1 N–H and O–H groups in total. The molecule has 5 heteroatoms. The minimum absolute atomic E-state index is 0.449. The number of nitrogens with zero attached hydrogens (tertiary/aromatic N) is 1. The summed E-state index contributed by atoms with van der Waals surface area (Å²) >= 11 is 0. The summed E-state index contributed by atoms with van der Waals surface area (Å²) in [6, 6.07) is 2.36. The van der Waals surface area contributed by atoms with Gasteiger partial charge in [0.1, 0.15) is 5.54 Å². The van der Waals surface area contributed by atoms with E-state index in [-0.39, 0.29) is 0 Å². The predicted octanol–water partition coefficient (Wildman–Crippen LogP) is 0.948. The third kappa shape index (κ3) is 4.91. The predicted molar refractivity (Wildman–Crippen MR) is 68.3 cm³/mol. The molecule has 0 amide bonds. The van der Waals surface area contributed by atoms with E-state index >= 15 is 0 Å². The second-order valence-electron chi connectivity index (χ2n) is 4.62. The highest BCUT2D eigenvalue weighted by atomic mass is 16.5. The Hall–Kier alpha value is -0.670. The van der Waals surface area contributed by atoms with Crippen LogP contribution >= 0.6 is 0 Å². The highest BCUT2D eigenvalue weighted by molar-refractivity contribution is 5.14. The summed E-state index contributed by atoms with van der Waals surface area (Å²) in [5.74, 6) is 0.449. The molecule has 1 aliphatic carbocycles. The molecular formula is C13H24N2O3. The van der Waals surface area contributed by atoms with Crippen LogP contribution in [0.5, 0.6) is 0 Å². The number of hydrogen-bond acceptors (Lipinski definition) is 5. The van der Waals surface area contributed by atoms with Crippen LogP contribution in [0.1, 0.15) is 19.3 Å². The fraction of sp³-hybridized carbons (Fsp3) is 0.923. The summed E-state index contributed by atoms with van der Waals surface area (Å²) in [5.41, 5.74) is -0.489. The monoisotopic (exact) mass is 256 g/mol. The molecule has 1 saturated carbocycles. The van der Waals surface area contributed by atoms with Gasteiger partial charge in [-0.2, -0.15) is 5.26 Å². The van der Waals surface area contributed by atoms with Crippen molar-refractivity contribution in [2.45, 2.75) is 24.8 Å². The summed E-state index contributed by atoms with van der Waals surface area (Å²) in [4.78, 5) is 0. The van der Waals surface area contributed by atoms with E-state index in [1.54, 1.807) is 7.11 Å². The number of ether oxygens (including phenoxy) is 3. The third-order valence-electron chi connectivity index (χ3n) is 3.26. The highest BCUT2D eigenvalue weighted by Crippen LogP contribution is 2.39. The lowest BCUT2D eigenvalue weighted by Crippen LogP contribution is -2.48. The van der Waals surface area contributed by atoms with Crippen molar-refractivity contribution < 1.29 is 14.2 Å². The van der Waals surface area contributed by atoms with E-state index in [0.29, 0.717) is 39.0 Å². The number of rotatable bonds is 11. The van der Waals surface area contributed by atoms with Crippen LogP contribution in [0.4, 0.5) is 0 Å². The summed E-state index contributed by atoms with van der Waals surface area (Å²) in [7, 11) is 3.49. The van der Waals surface area contributed by atoms with Gasteiger partial charge in [0.25, 0.3) is 0 Å². The fourth-order valence-electron chi connectivity index (χ4n) is 1.89. The van der Waals surface area contributed by atoms with Gasteiger partial charge >= 0.3 is 0 Å². The molecule has 0 saturated heterocycles. The minimum Gasteiger partial charge on any atom is -0.382 e. The molecule has 0 aromatic carbocycles.